The predicted molar refractivity (Wildman–Crippen MR) is 58.2 cm³/mol. The molecule has 3 heterocycles. The molecule has 0 radical (unpaired) electrons. The smallest absolute Gasteiger partial charge is 0.295 e. The van der Waals surface area contributed by atoms with Crippen LogP contribution >= 0.6 is 0 Å². The molecule has 0 aliphatic carbocycles. The highest BCUT2D eigenvalue weighted by Gasteiger charge is 2.22. The monoisotopic (exact) mass is 219 g/mol. The Morgan fingerprint density at radius 2 is 2.31 bits per heavy atom. The summed E-state index contributed by atoms with van der Waals surface area (Å²) in [4.78, 5) is 11.8. The van der Waals surface area contributed by atoms with Gasteiger partial charge < -0.3 is 9.88 Å². The van der Waals surface area contributed by atoms with Crippen LogP contribution in [0, 0.1) is 0 Å². The van der Waals surface area contributed by atoms with Crippen LogP contribution in [0.4, 0.5) is 0 Å². The molecule has 3 rings (SSSR count). The highest BCUT2D eigenvalue weighted by molar-refractivity contribution is 5.35. The van der Waals surface area contributed by atoms with Crippen LogP contribution in [0.5, 0.6) is 0 Å². The lowest BCUT2D eigenvalue weighted by Crippen LogP contribution is -2.20. The Morgan fingerprint density at radius 1 is 1.44 bits per heavy atom. The summed E-state index contributed by atoms with van der Waals surface area (Å²) in [6.45, 7) is 1.00. The number of aromatic nitrogens is 4. The summed E-state index contributed by atoms with van der Waals surface area (Å²) in [6, 6.07) is 0.224. The summed E-state index contributed by atoms with van der Waals surface area (Å²) >= 11 is 0. The Balaban J connectivity index is 2.20. The van der Waals surface area contributed by atoms with E-state index in [0.717, 1.165) is 25.2 Å². The molecule has 1 aliphatic heterocycles. The molecule has 0 spiro atoms. The molecular weight excluding hydrogens is 206 g/mol. The van der Waals surface area contributed by atoms with Crippen LogP contribution in [0.2, 0.25) is 0 Å². The fourth-order valence-electron chi connectivity index (χ4n) is 2.13. The Labute approximate surface area is 91.9 Å². The summed E-state index contributed by atoms with van der Waals surface area (Å²) in [5.41, 5.74) is 0.285. The summed E-state index contributed by atoms with van der Waals surface area (Å²) < 4.78 is 3.29. The largest absolute Gasteiger partial charge is 0.314 e. The number of nitrogens with zero attached hydrogens (tertiary/aromatic N) is 4. The van der Waals surface area contributed by atoms with Crippen LogP contribution in [0.3, 0.4) is 0 Å². The van der Waals surface area contributed by atoms with Gasteiger partial charge in [0.2, 0.25) is 5.65 Å². The quantitative estimate of drug-likeness (QED) is 0.724. The van der Waals surface area contributed by atoms with E-state index in [1.54, 1.807) is 17.6 Å². The molecule has 1 fully saturated rings. The molecule has 6 heteroatoms. The molecule has 0 saturated carbocycles. The number of rotatable bonds is 1. The van der Waals surface area contributed by atoms with E-state index in [2.05, 4.69) is 15.5 Å². The van der Waals surface area contributed by atoms with Gasteiger partial charge in [-0.05, 0) is 19.4 Å². The van der Waals surface area contributed by atoms with Crippen molar-refractivity contribution in [2.45, 2.75) is 18.9 Å². The van der Waals surface area contributed by atoms with Crippen LogP contribution in [-0.2, 0) is 7.05 Å². The van der Waals surface area contributed by atoms with Crippen molar-refractivity contribution in [2.75, 3.05) is 6.54 Å². The molecule has 2 aromatic rings. The predicted octanol–water partition coefficient (Wildman–Crippen LogP) is -0.148. The van der Waals surface area contributed by atoms with Crippen LogP contribution in [0.1, 0.15) is 24.7 Å². The molecule has 0 bridgehead atoms. The van der Waals surface area contributed by atoms with E-state index in [4.69, 9.17) is 0 Å². The lowest BCUT2D eigenvalue weighted by atomic mass is 10.2. The van der Waals surface area contributed by atoms with Crippen LogP contribution in [0.25, 0.3) is 5.65 Å². The van der Waals surface area contributed by atoms with Gasteiger partial charge >= 0.3 is 0 Å². The minimum absolute atomic E-state index is 0.112. The Hall–Kier alpha value is -1.69. The highest BCUT2D eigenvalue weighted by atomic mass is 16.1. The van der Waals surface area contributed by atoms with Crippen molar-refractivity contribution in [1.29, 1.82) is 0 Å². The van der Waals surface area contributed by atoms with Gasteiger partial charge in [0.15, 0.2) is 5.82 Å². The van der Waals surface area contributed by atoms with Gasteiger partial charge in [0.05, 0.1) is 6.04 Å². The van der Waals surface area contributed by atoms with E-state index in [1.807, 2.05) is 6.20 Å². The maximum atomic E-state index is 11.8. The van der Waals surface area contributed by atoms with Crippen molar-refractivity contribution in [3.8, 4) is 0 Å². The van der Waals surface area contributed by atoms with E-state index in [9.17, 15) is 4.79 Å². The fourth-order valence-corrected chi connectivity index (χ4v) is 2.13. The van der Waals surface area contributed by atoms with Gasteiger partial charge in [0, 0.05) is 19.4 Å². The van der Waals surface area contributed by atoms with E-state index in [1.165, 1.54) is 4.57 Å². The standard InChI is InChI=1S/C10H13N5O/c1-14-5-6-15-8(7-3-2-4-11-7)12-13-9(15)10(14)16/h5-7,11H,2-4H2,1H3/t7-/m1/s1. The van der Waals surface area contributed by atoms with Gasteiger partial charge in [0.1, 0.15) is 0 Å². The first kappa shape index (κ1) is 9.53. The summed E-state index contributed by atoms with van der Waals surface area (Å²) in [5.74, 6) is 0.838. The molecule has 1 aliphatic rings. The van der Waals surface area contributed by atoms with Crippen molar-refractivity contribution < 1.29 is 0 Å². The minimum atomic E-state index is -0.112. The first-order valence-corrected chi connectivity index (χ1v) is 5.41. The molecule has 84 valence electrons. The molecule has 1 atom stereocenters. The molecule has 0 amide bonds. The third-order valence-electron chi connectivity index (χ3n) is 3.05. The van der Waals surface area contributed by atoms with Gasteiger partial charge in [-0.2, -0.15) is 0 Å². The average molecular weight is 219 g/mol. The molecule has 1 saturated heterocycles. The molecule has 0 unspecified atom stereocenters. The van der Waals surface area contributed by atoms with E-state index < -0.39 is 0 Å². The van der Waals surface area contributed by atoms with E-state index in [0.29, 0.717) is 5.65 Å². The second-order valence-corrected chi connectivity index (χ2v) is 4.11. The second-order valence-electron chi connectivity index (χ2n) is 4.11. The number of hydrogen-bond donors (Lipinski definition) is 1. The Bertz CT molecular complexity index is 578. The summed E-state index contributed by atoms with van der Waals surface area (Å²) in [6.07, 6.45) is 5.77. The SMILES string of the molecule is Cn1ccn2c([C@H]3CCCN3)nnc2c1=O. The van der Waals surface area contributed by atoms with Crippen LogP contribution in [0.15, 0.2) is 17.2 Å². The second kappa shape index (κ2) is 3.41. The number of fused-ring (bicyclic) bond motifs is 1. The highest BCUT2D eigenvalue weighted by Crippen LogP contribution is 2.20. The average Bonchev–Trinajstić information content (AvgIpc) is 2.91. The van der Waals surface area contributed by atoms with Gasteiger partial charge in [-0.15, -0.1) is 10.2 Å². The van der Waals surface area contributed by atoms with Gasteiger partial charge in [-0.25, -0.2) is 0 Å². The van der Waals surface area contributed by atoms with Crippen molar-refractivity contribution in [2.24, 2.45) is 7.05 Å². The zero-order chi connectivity index (χ0) is 11.1. The Kier molecular flexibility index (Phi) is 2.03. The van der Waals surface area contributed by atoms with Crippen LogP contribution in [-0.4, -0.2) is 25.7 Å². The van der Waals surface area contributed by atoms with Gasteiger partial charge in [0.25, 0.3) is 5.56 Å². The molecule has 1 N–H and O–H groups in total. The third-order valence-corrected chi connectivity index (χ3v) is 3.05. The number of aryl methyl sites for hydroxylation is 1. The normalized spacial score (nSPS) is 20.7. The Morgan fingerprint density at radius 3 is 3.06 bits per heavy atom. The maximum absolute atomic E-state index is 11.8. The van der Waals surface area contributed by atoms with Gasteiger partial charge in [-0.3, -0.25) is 9.20 Å². The zero-order valence-corrected chi connectivity index (χ0v) is 9.05. The van der Waals surface area contributed by atoms with Gasteiger partial charge in [-0.1, -0.05) is 0 Å². The van der Waals surface area contributed by atoms with Crippen molar-refractivity contribution >= 4 is 5.65 Å². The maximum Gasteiger partial charge on any atom is 0.295 e. The van der Waals surface area contributed by atoms with E-state index >= 15 is 0 Å². The molecule has 6 nitrogen and oxygen atoms in total. The summed E-state index contributed by atoms with van der Waals surface area (Å²) in [5, 5.41) is 11.4. The zero-order valence-electron chi connectivity index (χ0n) is 9.05. The first-order valence-electron chi connectivity index (χ1n) is 5.41. The lowest BCUT2D eigenvalue weighted by Gasteiger charge is -2.07. The van der Waals surface area contributed by atoms with Crippen LogP contribution < -0.4 is 10.9 Å². The lowest BCUT2D eigenvalue weighted by molar-refractivity contribution is 0.597. The molecule has 0 aromatic carbocycles. The molecule has 16 heavy (non-hydrogen) atoms. The van der Waals surface area contributed by atoms with Crippen molar-refractivity contribution in [1.82, 2.24) is 24.5 Å². The topological polar surface area (TPSA) is 64.2 Å². The minimum Gasteiger partial charge on any atom is -0.314 e. The van der Waals surface area contributed by atoms with Crippen molar-refractivity contribution in [3.63, 3.8) is 0 Å². The first-order chi connectivity index (χ1) is 7.77. The van der Waals surface area contributed by atoms with E-state index in [-0.39, 0.29) is 11.6 Å². The number of nitrogens with one attached hydrogen (secondary N) is 1. The molecule has 2 aromatic heterocycles. The molecular formula is C10H13N5O. The number of hydrogen-bond acceptors (Lipinski definition) is 4. The van der Waals surface area contributed by atoms with Crippen molar-refractivity contribution in [3.05, 3.63) is 28.6 Å². The third kappa shape index (κ3) is 1.26. The summed E-state index contributed by atoms with van der Waals surface area (Å²) in [7, 11) is 1.71. The fraction of sp³-hybridized carbons (Fsp3) is 0.500.